The summed E-state index contributed by atoms with van der Waals surface area (Å²) in [6, 6.07) is 3.02. The van der Waals surface area contributed by atoms with Gasteiger partial charge >= 0.3 is 12.4 Å². The van der Waals surface area contributed by atoms with Crippen molar-refractivity contribution >= 4 is 0 Å². The van der Waals surface area contributed by atoms with Crippen LogP contribution in [0.2, 0.25) is 0 Å². The molecule has 0 saturated carbocycles. The average Bonchev–Trinajstić information content (AvgIpc) is 2.66. The van der Waals surface area contributed by atoms with Gasteiger partial charge in [0.05, 0.1) is 28.1 Å². The van der Waals surface area contributed by atoms with Crippen molar-refractivity contribution in [1.82, 2.24) is 15.5 Å². The van der Waals surface area contributed by atoms with Crippen LogP contribution in [0, 0.1) is 0 Å². The molecule has 1 aliphatic heterocycles. The highest BCUT2D eigenvalue weighted by Crippen LogP contribution is 2.44. The Morgan fingerprint density at radius 2 is 1.69 bits per heavy atom. The molecule has 0 amide bonds. The van der Waals surface area contributed by atoms with Gasteiger partial charge in [-0.3, -0.25) is 0 Å². The quantitative estimate of drug-likeness (QED) is 0.726. The topological polar surface area (TPSA) is 67.3 Å². The molecule has 2 aromatic rings. The first kappa shape index (κ1) is 21.3. The maximum absolute atomic E-state index is 13.3. The van der Waals surface area contributed by atoms with E-state index in [0.717, 1.165) is 12.8 Å². The molecule has 5 nitrogen and oxygen atoms in total. The Hall–Kier alpha value is -2.40. The summed E-state index contributed by atoms with van der Waals surface area (Å²) in [4.78, 5) is 0. The zero-order chi connectivity index (χ0) is 21.2. The summed E-state index contributed by atoms with van der Waals surface area (Å²) in [5, 5.41) is 20.6. The predicted octanol–water partition coefficient (Wildman–Crippen LogP) is 4.16. The molecule has 0 atom stereocenters. The Kier molecular flexibility index (Phi) is 5.99. The molecule has 1 aromatic heterocycles. The molecule has 0 spiro atoms. The Morgan fingerprint density at radius 1 is 1.00 bits per heavy atom. The number of nitrogens with zero attached hydrogens (tertiary/aromatic N) is 2. The van der Waals surface area contributed by atoms with E-state index < -0.39 is 34.8 Å². The molecule has 1 saturated heterocycles. The number of alkyl halides is 6. The molecule has 0 aliphatic carbocycles. The second-order valence-corrected chi connectivity index (χ2v) is 6.59. The molecular weight excluding hydrogens is 404 g/mol. The van der Waals surface area contributed by atoms with E-state index in [2.05, 4.69) is 15.5 Å². The van der Waals surface area contributed by atoms with Crippen molar-refractivity contribution in [1.29, 1.82) is 0 Å². The van der Waals surface area contributed by atoms with Gasteiger partial charge in [0.15, 0.2) is 0 Å². The van der Waals surface area contributed by atoms with Crippen molar-refractivity contribution in [3.05, 3.63) is 41.1 Å². The number of halogens is 6. The molecule has 1 aromatic carbocycles. The number of rotatable bonds is 4. The van der Waals surface area contributed by atoms with Crippen LogP contribution in [0.5, 0.6) is 5.75 Å². The number of nitrogens with one attached hydrogen (secondary N) is 1. The Morgan fingerprint density at radius 3 is 2.24 bits per heavy atom. The van der Waals surface area contributed by atoms with Crippen molar-refractivity contribution in [3.8, 4) is 17.0 Å². The second kappa shape index (κ2) is 8.15. The van der Waals surface area contributed by atoms with E-state index in [4.69, 9.17) is 4.74 Å². The lowest BCUT2D eigenvalue weighted by molar-refractivity contribution is -0.142. The molecule has 29 heavy (non-hydrogen) atoms. The van der Waals surface area contributed by atoms with E-state index >= 15 is 0 Å². The van der Waals surface area contributed by atoms with Crippen molar-refractivity contribution in [2.45, 2.75) is 37.8 Å². The van der Waals surface area contributed by atoms with Crippen LogP contribution < -0.4 is 5.32 Å². The SMILES string of the molecule is Oc1cc(C(F)(F)F)cc(C(F)(F)F)c1-c1ccc(CNC2CCOCC2)nn1. The van der Waals surface area contributed by atoms with Gasteiger partial charge in [0.2, 0.25) is 0 Å². The number of phenols is 1. The van der Waals surface area contributed by atoms with Crippen molar-refractivity contribution < 1.29 is 36.2 Å². The van der Waals surface area contributed by atoms with Crippen molar-refractivity contribution in [3.63, 3.8) is 0 Å². The molecule has 0 radical (unpaired) electrons. The minimum absolute atomic E-state index is 0.0443. The number of hydrogen-bond donors (Lipinski definition) is 2. The average molecular weight is 421 g/mol. The van der Waals surface area contributed by atoms with Crippen LogP contribution in [0.25, 0.3) is 11.3 Å². The first-order valence-electron chi connectivity index (χ1n) is 8.71. The number of phenolic OH excluding ortho intramolecular Hbond substituents is 1. The maximum Gasteiger partial charge on any atom is 0.417 e. The first-order valence-corrected chi connectivity index (χ1v) is 8.71. The lowest BCUT2D eigenvalue weighted by atomic mass is 9.99. The van der Waals surface area contributed by atoms with Crippen molar-refractivity contribution in [2.75, 3.05) is 13.2 Å². The van der Waals surface area contributed by atoms with E-state index in [9.17, 15) is 31.4 Å². The summed E-state index contributed by atoms with van der Waals surface area (Å²) < 4.78 is 83.8. The molecule has 0 unspecified atom stereocenters. The largest absolute Gasteiger partial charge is 0.507 e. The molecule has 0 bridgehead atoms. The van der Waals surface area contributed by atoms with Crippen LogP contribution in [0.3, 0.4) is 0 Å². The molecule has 3 rings (SSSR count). The van der Waals surface area contributed by atoms with E-state index in [1.54, 1.807) is 0 Å². The highest BCUT2D eigenvalue weighted by Gasteiger charge is 2.40. The van der Waals surface area contributed by atoms with Gasteiger partial charge in [-0.1, -0.05) is 0 Å². The van der Waals surface area contributed by atoms with Crippen LogP contribution >= 0.6 is 0 Å². The monoisotopic (exact) mass is 421 g/mol. The van der Waals surface area contributed by atoms with E-state index in [1.165, 1.54) is 12.1 Å². The molecule has 11 heteroatoms. The number of hydrogen-bond acceptors (Lipinski definition) is 5. The summed E-state index contributed by atoms with van der Waals surface area (Å²) in [5.41, 5.74) is -4.01. The highest BCUT2D eigenvalue weighted by atomic mass is 19.4. The Balaban J connectivity index is 1.87. The smallest absolute Gasteiger partial charge is 0.417 e. The van der Waals surface area contributed by atoms with Gasteiger partial charge < -0.3 is 15.2 Å². The number of ether oxygens (including phenoxy) is 1. The number of benzene rings is 1. The zero-order valence-corrected chi connectivity index (χ0v) is 14.9. The van der Waals surface area contributed by atoms with Crippen LogP contribution in [-0.4, -0.2) is 34.6 Å². The second-order valence-electron chi connectivity index (χ2n) is 6.59. The lowest BCUT2D eigenvalue weighted by Gasteiger charge is -2.22. The standard InChI is InChI=1S/C18H17F6N3O2/c19-17(20,21)10-7-13(18(22,23)24)16(15(28)8-10)14-2-1-12(26-27-14)9-25-11-3-5-29-6-4-11/h1-2,7-8,11,25,28H,3-6,9H2. The number of aromatic hydroxyl groups is 1. The Labute approximate surface area is 161 Å². The van der Waals surface area contributed by atoms with E-state index in [0.29, 0.717) is 25.5 Å². The minimum Gasteiger partial charge on any atom is -0.507 e. The van der Waals surface area contributed by atoms with Gasteiger partial charge in [0, 0.05) is 25.8 Å². The van der Waals surface area contributed by atoms with Gasteiger partial charge in [0.25, 0.3) is 0 Å². The fourth-order valence-electron chi connectivity index (χ4n) is 3.02. The van der Waals surface area contributed by atoms with E-state index in [-0.39, 0.29) is 23.9 Å². The zero-order valence-electron chi connectivity index (χ0n) is 14.9. The molecule has 1 fully saturated rings. The highest BCUT2D eigenvalue weighted by molar-refractivity contribution is 5.72. The molecule has 1 aliphatic rings. The van der Waals surface area contributed by atoms with Crippen molar-refractivity contribution in [2.24, 2.45) is 0 Å². The van der Waals surface area contributed by atoms with Gasteiger partial charge in [-0.25, -0.2) is 0 Å². The normalized spacial score (nSPS) is 16.2. The minimum atomic E-state index is -5.13. The molecule has 2 N–H and O–H groups in total. The van der Waals surface area contributed by atoms with Crippen LogP contribution in [0.15, 0.2) is 24.3 Å². The third-order valence-electron chi connectivity index (χ3n) is 4.52. The summed E-state index contributed by atoms with van der Waals surface area (Å²) >= 11 is 0. The maximum atomic E-state index is 13.3. The van der Waals surface area contributed by atoms with E-state index in [1.807, 2.05) is 0 Å². The third-order valence-corrected chi connectivity index (χ3v) is 4.52. The van der Waals surface area contributed by atoms with Gasteiger partial charge in [-0.2, -0.15) is 36.5 Å². The fraction of sp³-hybridized carbons (Fsp3) is 0.444. The molecular formula is C18H17F6N3O2. The van der Waals surface area contributed by atoms with Crippen LogP contribution in [-0.2, 0) is 23.6 Å². The summed E-state index contributed by atoms with van der Waals surface area (Å²) in [7, 11) is 0. The van der Waals surface area contributed by atoms with Crippen LogP contribution in [0.1, 0.15) is 29.7 Å². The number of aromatic nitrogens is 2. The molecule has 158 valence electrons. The first-order chi connectivity index (χ1) is 13.6. The van der Waals surface area contributed by atoms with Gasteiger partial charge in [0.1, 0.15) is 5.75 Å². The Bertz CT molecular complexity index is 846. The third kappa shape index (κ3) is 5.15. The fourth-order valence-corrected chi connectivity index (χ4v) is 3.02. The summed E-state index contributed by atoms with van der Waals surface area (Å²) in [5.74, 6) is -1.17. The van der Waals surface area contributed by atoms with Gasteiger partial charge in [-0.15, -0.1) is 0 Å². The summed E-state index contributed by atoms with van der Waals surface area (Å²) in [6.07, 6.45) is -8.53. The van der Waals surface area contributed by atoms with Crippen LogP contribution in [0.4, 0.5) is 26.3 Å². The summed E-state index contributed by atoms with van der Waals surface area (Å²) in [6.45, 7) is 1.59. The lowest BCUT2D eigenvalue weighted by Crippen LogP contribution is -2.34. The van der Waals surface area contributed by atoms with Gasteiger partial charge in [-0.05, 0) is 37.1 Å². The predicted molar refractivity (Wildman–Crippen MR) is 89.8 cm³/mol. The molecule has 2 heterocycles.